The summed E-state index contributed by atoms with van der Waals surface area (Å²) < 4.78 is 14.2. The van der Waals surface area contributed by atoms with E-state index in [1.54, 1.807) is 30.3 Å². The topological polar surface area (TPSA) is 137 Å². The highest BCUT2D eigenvalue weighted by atomic mass is 35.5. The predicted octanol–water partition coefficient (Wildman–Crippen LogP) is 1.36. The number of hydrogen-bond acceptors (Lipinski definition) is 6. The zero-order valence-electron chi connectivity index (χ0n) is 18.1. The van der Waals surface area contributed by atoms with Crippen molar-refractivity contribution in [2.45, 2.75) is 50.0 Å². The van der Waals surface area contributed by atoms with E-state index in [0.717, 1.165) is 0 Å². The highest BCUT2D eigenvalue weighted by Crippen LogP contribution is 2.37. The zero-order chi connectivity index (χ0) is 24.4. The first-order valence-electron chi connectivity index (χ1n) is 10.9. The number of amides is 3. The number of halogens is 2. The van der Waals surface area contributed by atoms with Gasteiger partial charge in [-0.1, -0.05) is 41.9 Å². The van der Waals surface area contributed by atoms with Crippen molar-refractivity contribution in [1.82, 2.24) is 15.6 Å². The van der Waals surface area contributed by atoms with Crippen LogP contribution in [0, 0.1) is 5.82 Å². The van der Waals surface area contributed by atoms with Crippen LogP contribution in [-0.4, -0.2) is 46.0 Å². The van der Waals surface area contributed by atoms with Gasteiger partial charge in [-0.05, 0) is 25.0 Å². The number of nitrogens with two attached hydrogens (primary N) is 1. The maximum absolute atomic E-state index is 14.2. The molecule has 2 aliphatic rings. The smallest absolute Gasteiger partial charge is 0.241 e. The van der Waals surface area contributed by atoms with Gasteiger partial charge < -0.3 is 26.9 Å². The number of hydrogen-bond donors (Lipinski definition) is 5. The van der Waals surface area contributed by atoms with Crippen LogP contribution < -0.4 is 21.8 Å². The van der Waals surface area contributed by atoms with Crippen LogP contribution in [0.4, 0.5) is 10.1 Å². The molecule has 0 spiro atoms. The Morgan fingerprint density at radius 3 is 2.65 bits per heavy atom. The number of para-hydroxylation sites is 1. The number of aliphatic hydroxyl groups is 1. The van der Waals surface area contributed by atoms with E-state index in [1.807, 2.05) is 0 Å². The van der Waals surface area contributed by atoms with E-state index in [1.165, 1.54) is 17.1 Å². The molecule has 2 aromatic carbocycles. The highest BCUT2D eigenvalue weighted by molar-refractivity contribution is 6.30. The standard InChI is InChI=1S/C23H25ClFN5O4/c24-16-6-3-4-12(20(16)25)11-27-19(32)10-18(23(34)28-13-8-14(31)9-13)30-21(22(26)33)15-5-1-2-7-17(15)29-30/h1-7,13-14,18,21,29,31H,8-11H2,(H2,26,33)(H,27,32)(H,28,34)/t13-,14+,18?,21?. The third-order valence-corrected chi connectivity index (χ3v) is 6.33. The lowest BCUT2D eigenvalue weighted by Crippen LogP contribution is -2.56. The first-order valence-corrected chi connectivity index (χ1v) is 11.2. The molecule has 0 bridgehead atoms. The van der Waals surface area contributed by atoms with Crippen LogP contribution in [-0.2, 0) is 20.9 Å². The molecule has 2 unspecified atom stereocenters. The van der Waals surface area contributed by atoms with Gasteiger partial charge in [0.2, 0.25) is 17.7 Å². The number of benzene rings is 2. The Hall–Kier alpha value is -3.21. The molecule has 34 heavy (non-hydrogen) atoms. The van der Waals surface area contributed by atoms with Gasteiger partial charge in [-0.15, -0.1) is 0 Å². The number of carbonyl (C=O) groups excluding carboxylic acids is 3. The van der Waals surface area contributed by atoms with Crippen LogP contribution in [0.3, 0.4) is 0 Å². The molecule has 1 fully saturated rings. The highest BCUT2D eigenvalue weighted by Gasteiger charge is 2.43. The van der Waals surface area contributed by atoms with Crippen molar-refractivity contribution >= 4 is 35.0 Å². The van der Waals surface area contributed by atoms with E-state index in [-0.39, 0.29) is 29.6 Å². The lowest BCUT2D eigenvalue weighted by atomic mass is 9.89. The molecular formula is C23H25ClFN5O4. The second-order valence-electron chi connectivity index (χ2n) is 8.45. The van der Waals surface area contributed by atoms with Crippen molar-refractivity contribution < 1.29 is 23.9 Å². The van der Waals surface area contributed by atoms with Crippen molar-refractivity contribution in [3.05, 3.63) is 64.4 Å². The summed E-state index contributed by atoms with van der Waals surface area (Å²) in [5.41, 5.74) is 10.1. The molecule has 1 aliphatic carbocycles. The fourth-order valence-electron chi connectivity index (χ4n) is 4.19. The largest absolute Gasteiger partial charge is 0.393 e. The molecule has 2 atom stereocenters. The minimum absolute atomic E-state index is 0.0602. The van der Waals surface area contributed by atoms with Gasteiger partial charge in [0, 0.05) is 23.7 Å². The lowest BCUT2D eigenvalue weighted by Gasteiger charge is -2.36. The van der Waals surface area contributed by atoms with Crippen LogP contribution in [0.5, 0.6) is 0 Å². The molecule has 0 saturated heterocycles. The van der Waals surface area contributed by atoms with Crippen LogP contribution >= 0.6 is 11.6 Å². The average molecular weight is 490 g/mol. The second kappa shape index (κ2) is 9.96. The number of rotatable bonds is 8. The number of fused-ring (bicyclic) bond motifs is 1. The fourth-order valence-corrected chi connectivity index (χ4v) is 4.38. The molecule has 1 saturated carbocycles. The molecule has 180 valence electrons. The van der Waals surface area contributed by atoms with E-state index < -0.39 is 41.7 Å². The first kappa shape index (κ1) is 23.9. The van der Waals surface area contributed by atoms with E-state index in [9.17, 15) is 23.9 Å². The lowest BCUT2D eigenvalue weighted by molar-refractivity contribution is -0.135. The minimum atomic E-state index is -1.10. The first-order chi connectivity index (χ1) is 16.2. The summed E-state index contributed by atoms with van der Waals surface area (Å²) in [5, 5.41) is 16.3. The number of anilines is 1. The molecule has 0 radical (unpaired) electrons. The van der Waals surface area contributed by atoms with Gasteiger partial charge in [-0.25, -0.2) is 4.39 Å². The number of primary amides is 1. The van der Waals surface area contributed by atoms with Gasteiger partial charge >= 0.3 is 0 Å². The third kappa shape index (κ3) is 4.98. The Morgan fingerprint density at radius 2 is 1.94 bits per heavy atom. The van der Waals surface area contributed by atoms with Crippen molar-refractivity contribution in [3.63, 3.8) is 0 Å². The van der Waals surface area contributed by atoms with Crippen molar-refractivity contribution in [2.24, 2.45) is 5.73 Å². The van der Waals surface area contributed by atoms with Gasteiger partial charge in [-0.2, -0.15) is 5.01 Å². The molecule has 0 aromatic heterocycles. The molecule has 1 heterocycles. The molecule has 9 nitrogen and oxygen atoms in total. The Morgan fingerprint density at radius 1 is 1.21 bits per heavy atom. The number of nitrogens with one attached hydrogen (secondary N) is 3. The Balaban J connectivity index is 1.52. The van der Waals surface area contributed by atoms with Crippen LogP contribution in [0.1, 0.15) is 36.4 Å². The molecule has 2 aromatic rings. The van der Waals surface area contributed by atoms with Gasteiger partial charge in [0.1, 0.15) is 17.9 Å². The predicted molar refractivity (Wildman–Crippen MR) is 123 cm³/mol. The second-order valence-corrected chi connectivity index (χ2v) is 8.86. The maximum Gasteiger partial charge on any atom is 0.241 e. The molecule has 6 N–H and O–H groups in total. The van der Waals surface area contributed by atoms with Crippen LogP contribution in [0.25, 0.3) is 0 Å². The van der Waals surface area contributed by atoms with Gasteiger partial charge in [0.05, 0.1) is 23.2 Å². The fraction of sp³-hybridized carbons (Fsp3) is 0.348. The molecule has 4 rings (SSSR count). The SMILES string of the molecule is NC(=O)C1c2ccccc2NN1C(CC(=O)NCc1cccc(Cl)c1F)C(=O)N[C@H]1C[C@@H](O)C1. The maximum atomic E-state index is 14.2. The summed E-state index contributed by atoms with van der Waals surface area (Å²) in [7, 11) is 0. The van der Waals surface area contributed by atoms with E-state index in [4.69, 9.17) is 17.3 Å². The van der Waals surface area contributed by atoms with Gasteiger partial charge in [0.15, 0.2) is 0 Å². The normalized spacial score (nSPS) is 22.1. The summed E-state index contributed by atoms with van der Waals surface area (Å²) in [6.45, 7) is -0.124. The number of hydrazine groups is 1. The molecular weight excluding hydrogens is 465 g/mol. The summed E-state index contributed by atoms with van der Waals surface area (Å²) in [6.07, 6.45) is 0.0119. The van der Waals surface area contributed by atoms with Crippen molar-refractivity contribution in [1.29, 1.82) is 0 Å². The van der Waals surface area contributed by atoms with E-state index >= 15 is 0 Å². The van der Waals surface area contributed by atoms with Crippen LogP contribution in [0.15, 0.2) is 42.5 Å². The molecule has 11 heteroatoms. The average Bonchev–Trinajstić information content (AvgIpc) is 3.16. The van der Waals surface area contributed by atoms with E-state index in [2.05, 4.69) is 16.1 Å². The minimum Gasteiger partial charge on any atom is -0.393 e. The van der Waals surface area contributed by atoms with E-state index in [0.29, 0.717) is 24.1 Å². The van der Waals surface area contributed by atoms with Crippen molar-refractivity contribution in [2.75, 3.05) is 5.43 Å². The molecule has 3 amide bonds. The summed E-state index contributed by atoms with van der Waals surface area (Å²) in [5.74, 6) is -2.34. The zero-order valence-corrected chi connectivity index (χ0v) is 18.9. The quantitative estimate of drug-likeness (QED) is 0.380. The number of nitrogens with zero attached hydrogens (tertiary/aromatic N) is 1. The van der Waals surface area contributed by atoms with Gasteiger partial charge in [0.25, 0.3) is 0 Å². The van der Waals surface area contributed by atoms with Crippen LogP contribution in [0.2, 0.25) is 5.02 Å². The van der Waals surface area contributed by atoms with Gasteiger partial charge in [-0.3, -0.25) is 14.4 Å². The Kier molecular flexibility index (Phi) is 7.01. The summed E-state index contributed by atoms with van der Waals surface area (Å²) in [4.78, 5) is 38.3. The molecule has 1 aliphatic heterocycles. The third-order valence-electron chi connectivity index (χ3n) is 6.04. The monoisotopic (exact) mass is 489 g/mol. The summed E-state index contributed by atoms with van der Waals surface area (Å²) >= 11 is 5.79. The number of aliphatic hydroxyl groups excluding tert-OH is 1. The summed E-state index contributed by atoms with van der Waals surface area (Å²) in [6, 6.07) is 9.13. The Bertz CT molecular complexity index is 1110. The number of carbonyl (C=O) groups is 3. The van der Waals surface area contributed by atoms with Crippen molar-refractivity contribution in [3.8, 4) is 0 Å². The Labute approximate surface area is 200 Å².